The number of nitrogens with zero attached hydrogens (tertiary/aromatic N) is 2. The summed E-state index contributed by atoms with van der Waals surface area (Å²) in [5.41, 5.74) is -0.0371. The summed E-state index contributed by atoms with van der Waals surface area (Å²) in [7, 11) is 0. The Balaban J connectivity index is 2.89. The van der Waals surface area contributed by atoms with Gasteiger partial charge in [-0.2, -0.15) is 5.26 Å². The minimum absolute atomic E-state index is 0.107. The molecule has 102 valence electrons. The van der Waals surface area contributed by atoms with E-state index in [1.807, 2.05) is 37.3 Å². The quantitative estimate of drug-likeness (QED) is 0.850. The van der Waals surface area contributed by atoms with E-state index in [4.69, 9.17) is 5.11 Å². The Hall–Kier alpha value is -1.86. The Morgan fingerprint density at radius 2 is 2.05 bits per heavy atom. The normalized spacial score (nSPS) is 13.4. The van der Waals surface area contributed by atoms with E-state index >= 15 is 0 Å². The van der Waals surface area contributed by atoms with Gasteiger partial charge in [0, 0.05) is 13.1 Å². The van der Waals surface area contributed by atoms with E-state index in [9.17, 15) is 10.1 Å². The Labute approximate surface area is 114 Å². The highest BCUT2D eigenvalue weighted by Gasteiger charge is 2.35. The van der Waals surface area contributed by atoms with Crippen LogP contribution in [0.3, 0.4) is 0 Å². The first-order valence-electron chi connectivity index (χ1n) is 6.42. The van der Waals surface area contributed by atoms with Gasteiger partial charge in [-0.1, -0.05) is 37.3 Å². The van der Waals surface area contributed by atoms with Crippen molar-refractivity contribution in [2.75, 3.05) is 13.2 Å². The van der Waals surface area contributed by atoms with Crippen molar-refractivity contribution in [1.29, 1.82) is 5.26 Å². The second kappa shape index (κ2) is 6.91. The summed E-state index contributed by atoms with van der Waals surface area (Å²) in [6, 6.07) is 11.6. The smallest absolute Gasteiger partial charge is 0.243 e. The third kappa shape index (κ3) is 3.80. The Bertz CT molecular complexity index is 453. The van der Waals surface area contributed by atoms with Gasteiger partial charge >= 0.3 is 0 Å². The lowest BCUT2D eigenvalue weighted by Crippen LogP contribution is -2.42. The standard InChI is InChI=1S/C15H20N2O2/c1-3-15(2,12-16)14(19)17(9-10-18)11-13-7-5-4-6-8-13/h4-8,18H,3,9-11H2,1-2H3. The summed E-state index contributed by atoms with van der Waals surface area (Å²) in [6.07, 6.45) is 0.457. The fourth-order valence-electron chi connectivity index (χ4n) is 1.80. The maximum atomic E-state index is 12.4. The molecule has 4 nitrogen and oxygen atoms in total. The molecule has 1 amide bonds. The van der Waals surface area contributed by atoms with E-state index < -0.39 is 5.41 Å². The van der Waals surface area contributed by atoms with Crippen LogP contribution < -0.4 is 0 Å². The Morgan fingerprint density at radius 1 is 1.42 bits per heavy atom. The largest absolute Gasteiger partial charge is 0.395 e. The van der Waals surface area contributed by atoms with Crippen LogP contribution in [0.4, 0.5) is 0 Å². The fraction of sp³-hybridized carbons (Fsp3) is 0.467. The zero-order chi connectivity index (χ0) is 14.3. The van der Waals surface area contributed by atoms with Crippen LogP contribution in [0.25, 0.3) is 0 Å². The summed E-state index contributed by atoms with van der Waals surface area (Å²) in [5.74, 6) is -0.226. The van der Waals surface area contributed by atoms with Crippen molar-refractivity contribution in [3.05, 3.63) is 35.9 Å². The first kappa shape index (κ1) is 15.2. The molecule has 0 aliphatic heterocycles. The highest BCUT2D eigenvalue weighted by atomic mass is 16.3. The molecule has 0 saturated carbocycles. The topological polar surface area (TPSA) is 64.3 Å². The number of aliphatic hydroxyl groups is 1. The molecule has 1 aromatic carbocycles. The van der Waals surface area contributed by atoms with Gasteiger partial charge in [0.05, 0.1) is 12.7 Å². The Kier molecular flexibility index (Phi) is 5.53. The van der Waals surface area contributed by atoms with Crippen molar-refractivity contribution in [2.45, 2.75) is 26.8 Å². The predicted molar refractivity (Wildman–Crippen MR) is 73.0 cm³/mol. The number of hydrogen-bond acceptors (Lipinski definition) is 3. The molecular formula is C15H20N2O2. The van der Waals surface area contributed by atoms with E-state index in [0.29, 0.717) is 13.0 Å². The zero-order valence-electron chi connectivity index (χ0n) is 11.5. The highest BCUT2D eigenvalue weighted by molar-refractivity contribution is 5.85. The fourth-order valence-corrected chi connectivity index (χ4v) is 1.80. The van der Waals surface area contributed by atoms with E-state index in [1.165, 1.54) is 0 Å². The van der Waals surface area contributed by atoms with Crippen LogP contribution in [0.5, 0.6) is 0 Å². The average Bonchev–Trinajstić information content (AvgIpc) is 2.46. The Morgan fingerprint density at radius 3 is 2.53 bits per heavy atom. The maximum absolute atomic E-state index is 12.4. The molecule has 0 fully saturated rings. The number of carbonyl (C=O) groups is 1. The third-order valence-electron chi connectivity index (χ3n) is 3.30. The molecule has 0 aromatic heterocycles. The molecule has 0 spiro atoms. The number of benzene rings is 1. The van der Waals surface area contributed by atoms with Crippen molar-refractivity contribution in [3.8, 4) is 6.07 Å². The van der Waals surface area contributed by atoms with Crippen molar-refractivity contribution < 1.29 is 9.90 Å². The number of carbonyl (C=O) groups excluding carboxylic acids is 1. The van der Waals surface area contributed by atoms with Gasteiger partial charge in [-0.25, -0.2) is 0 Å². The first-order chi connectivity index (χ1) is 9.07. The lowest BCUT2D eigenvalue weighted by molar-refractivity contribution is -0.139. The van der Waals surface area contributed by atoms with E-state index in [1.54, 1.807) is 11.8 Å². The summed E-state index contributed by atoms with van der Waals surface area (Å²) < 4.78 is 0. The third-order valence-corrected chi connectivity index (χ3v) is 3.30. The predicted octanol–water partition coefficient (Wildman–Crippen LogP) is 1.95. The van der Waals surface area contributed by atoms with Crippen LogP contribution in [-0.4, -0.2) is 29.1 Å². The molecule has 0 bridgehead atoms. The molecule has 0 aliphatic rings. The molecule has 0 radical (unpaired) electrons. The van der Waals surface area contributed by atoms with Crippen LogP contribution in [0.15, 0.2) is 30.3 Å². The van der Waals surface area contributed by atoms with Gasteiger partial charge in [0.1, 0.15) is 5.41 Å². The molecule has 0 saturated heterocycles. The molecule has 0 heterocycles. The second-order valence-corrected chi connectivity index (χ2v) is 4.73. The van der Waals surface area contributed by atoms with Gasteiger partial charge in [-0.15, -0.1) is 0 Å². The molecule has 1 N–H and O–H groups in total. The minimum Gasteiger partial charge on any atom is -0.395 e. The van der Waals surface area contributed by atoms with Gasteiger partial charge in [0.25, 0.3) is 0 Å². The summed E-state index contributed by atoms with van der Waals surface area (Å²) in [6.45, 7) is 4.01. The van der Waals surface area contributed by atoms with Crippen molar-refractivity contribution in [2.24, 2.45) is 5.41 Å². The minimum atomic E-state index is -1.02. The van der Waals surface area contributed by atoms with E-state index in [2.05, 4.69) is 6.07 Å². The van der Waals surface area contributed by atoms with Gasteiger partial charge in [0.15, 0.2) is 0 Å². The molecular weight excluding hydrogens is 240 g/mol. The zero-order valence-corrected chi connectivity index (χ0v) is 11.5. The monoisotopic (exact) mass is 260 g/mol. The molecule has 1 atom stereocenters. The van der Waals surface area contributed by atoms with Crippen molar-refractivity contribution in [1.82, 2.24) is 4.90 Å². The SMILES string of the molecule is CCC(C)(C#N)C(=O)N(CCO)Cc1ccccc1. The van der Waals surface area contributed by atoms with E-state index in [0.717, 1.165) is 5.56 Å². The van der Waals surface area contributed by atoms with Crippen LogP contribution in [0, 0.1) is 16.7 Å². The lowest BCUT2D eigenvalue weighted by Gasteiger charge is -2.29. The molecule has 1 aromatic rings. The van der Waals surface area contributed by atoms with Crippen molar-refractivity contribution in [3.63, 3.8) is 0 Å². The van der Waals surface area contributed by atoms with Crippen LogP contribution in [-0.2, 0) is 11.3 Å². The molecule has 1 rings (SSSR count). The number of aliphatic hydroxyl groups excluding tert-OH is 1. The van der Waals surface area contributed by atoms with Gasteiger partial charge in [0.2, 0.25) is 5.91 Å². The van der Waals surface area contributed by atoms with E-state index in [-0.39, 0.29) is 19.1 Å². The first-order valence-corrected chi connectivity index (χ1v) is 6.42. The summed E-state index contributed by atoms with van der Waals surface area (Å²) in [5, 5.41) is 18.3. The molecule has 0 aliphatic carbocycles. The molecule has 1 unspecified atom stereocenters. The molecule has 4 heteroatoms. The summed E-state index contributed by atoms with van der Waals surface area (Å²) >= 11 is 0. The van der Waals surface area contributed by atoms with Gasteiger partial charge in [-0.05, 0) is 18.9 Å². The molecule has 19 heavy (non-hydrogen) atoms. The summed E-state index contributed by atoms with van der Waals surface area (Å²) in [4.78, 5) is 14.0. The van der Waals surface area contributed by atoms with Crippen LogP contribution >= 0.6 is 0 Å². The van der Waals surface area contributed by atoms with Crippen LogP contribution in [0.1, 0.15) is 25.8 Å². The van der Waals surface area contributed by atoms with Gasteiger partial charge in [-0.3, -0.25) is 4.79 Å². The number of hydrogen-bond donors (Lipinski definition) is 1. The van der Waals surface area contributed by atoms with Crippen LogP contribution in [0.2, 0.25) is 0 Å². The second-order valence-electron chi connectivity index (χ2n) is 4.73. The number of amides is 1. The lowest BCUT2D eigenvalue weighted by atomic mass is 9.87. The van der Waals surface area contributed by atoms with Crippen molar-refractivity contribution >= 4 is 5.91 Å². The number of rotatable bonds is 6. The number of nitriles is 1. The van der Waals surface area contributed by atoms with Gasteiger partial charge < -0.3 is 10.0 Å². The average molecular weight is 260 g/mol. The highest BCUT2D eigenvalue weighted by Crippen LogP contribution is 2.24. The maximum Gasteiger partial charge on any atom is 0.243 e.